The van der Waals surface area contributed by atoms with Gasteiger partial charge >= 0.3 is 0 Å². The molecule has 3 aromatic rings. The van der Waals surface area contributed by atoms with Gasteiger partial charge in [-0.2, -0.15) is 5.10 Å². The Morgan fingerprint density at radius 3 is 2.85 bits per heavy atom. The molecular weight excluding hydrogens is 328 g/mol. The second-order valence-corrected chi connectivity index (χ2v) is 7.15. The summed E-state index contributed by atoms with van der Waals surface area (Å²) in [5, 5.41) is 4.42. The molecule has 1 aromatic carbocycles. The molecule has 2 aromatic heterocycles. The standard InChI is InChI=1S/C20H24N4O2/c1-13-16(14(2)23(3)22-13)11-19(25)24-10-6-7-15(12-24)20-21-17-8-4-5-9-18(17)26-20/h4-5,8-9,15H,6-7,10-12H2,1-3H3/t15-/m1/s1. The zero-order valence-electron chi connectivity index (χ0n) is 15.5. The van der Waals surface area contributed by atoms with Crippen LogP contribution in [-0.4, -0.2) is 38.7 Å². The molecule has 0 saturated carbocycles. The third kappa shape index (κ3) is 3.00. The predicted molar refractivity (Wildman–Crippen MR) is 99.0 cm³/mol. The first kappa shape index (κ1) is 16.8. The Bertz CT molecular complexity index is 923. The summed E-state index contributed by atoms with van der Waals surface area (Å²) in [7, 11) is 1.92. The molecule has 6 nitrogen and oxygen atoms in total. The largest absolute Gasteiger partial charge is 0.440 e. The van der Waals surface area contributed by atoms with Crippen LogP contribution in [0.3, 0.4) is 0 Å². The highest BCUT2D eigenvalue weighted by molar-refractivity contribution is 5.79. The second-order valence-electron chi connectivity index (χ2n) is 7.15. The molecule has 1 aliphatic rings. The molecule has 0 bridgehead atoms. The van der Waals surface area contributed by atoms with E-state index >= 15 is 0 Å². The molecule has 1 atom stereocenters. The monoisotopic (exact) mass is 352 g/mol. The van der Waals surface area contributed by atoms with Crippen molar-refractivity contribution in [2.24, 2.45) is 7.05 Å². The summed E-state index contributed by atoms with van der Waals surface area (Å²) >= 11 is 0. The molecule has 26 heavy (non-hydrogen) atoms. The molecule has 4 rings (SSSR count). The van der Waals surface area contributed by atoms with Crippen molar-refractivity contribution in [3.8, 4) is 0 Å². The Kier molecular flexibility index (Phi) is 4.26. The number of amides is 1. The number of fused-ring (bicyclic) bond motifs is 1. The van der Waals surface area contributed by atoms with E-state index in [2.05, 4.69) is 10.1 Å². The van der Waals surface area contributed by atoms with E-state index in [0.29, 0.717) is 13.0 Å². The average molecular weight is 352 g/mol. The van der Waals surface area contributed by atoms with Gasteiger partial charge in [-0.25, -0.2) is 4.98 Å². The molecule has 3 heterocycles. The number of likely N-dealkylation sites (tertiary alicyclic amines) is 1. The zero-order valence-corrected chi connectivity index (χ0v) is 15.5. The Hall–Kier alpha value is -2.63. The third-order valence-corrected chi connectivity index (χ3v) is 5.42. The summed E-state index contributed by atoms with van der Waals surface area (Å²) < 4.78 is 7.78. The summed E-state index contributed by atoms with van der Waals surface area (Å²) in [5.74, 6) is 1.07. The molecule has 6 heteroatoms. The lowest BCUT2D eigenvalue weighted by molar-refractivity contribution is -0.131. The van der Waals surface area contributed by atoms with Crippen molar-refractivity contribution in [3.05, 3.63) is 47.1 Å². The molecule has 1 amide bonds. The van der Waals surface area contributed by atoms with Crippen LogP contribution in [0.25, 0.3) is 11.1 Å². The highest BCUT2D eigenvalue weighted by atomic mass is 16.3. The molecule has 1 fully saturated rings. The molecule has 136 valence electrons. The van der Waals surface area contributed by atoms with Crippen molar-refractivity contribution < 1.29 is 9.21 Å². The van der Waals surface area contributed by atoms with Crippen molar-refractivity contribution >= 4 is 17.0 Å². The Morgan fingerprint density at radius 2 is 2.12 bits per heavy atom. The predicted octanol–water partition coefficient (Wildman–Crippen LogP) is 3.13. The molecule has 1 aliphatic heterocycles. The number of aryl methyl sites for hydroxylation is 2. The van der Waals surface area contributed by atoms with Gasteiger partial charge in [-0.3, -0.25) is 9.48 Å². The van der Waals surface area contributed by atoms with Gasteiger partial charge in [-0.15, -0.1) is 0 Å². The second kappa shape index (κ2) is 6.59. The Labute approximate surface area is 152 Å². The summed E-state index contributed by atoms with van der Waals surface area (Å²) in [6.45, 7) is 5.45. The molecule has 0 unspecified atom stereocenters. The number of hydrogen-bond donors (Lipinski definition) is 0. The minimum absolute atomic E-state index is 0.157. The normalized spacial score (nSPS) is 17.8. The van der Waals surface area contributed by atoms with Gasteiger partial charge in [0.2, 0.25) is 5.91 Å². The van der Waals surface area contributed by atoms with Crippen molar-refractivity contribution in [2.75, 3.05) is 13.1 Å². The quantitative estimate of drug-likeness (QED) is 0.726. The topological polar surface area (TPSA) is 64.2 Å². The number of carbonyl (C=O) groups excluding carboxylic acids is 1. The molecule has 0 radical (unpaired) electrons. The summed E-state index contributed by atoms with van der Waals surface area (Å²) in [6, 6.07) is 7.81. The number of rotatable bonds is 3. The number of benzene rings is 1. The zero-order chi connectivity index (χ0) is 18.3. The highest BCUT2D eigenvalue weighted by Gasteiger charge is 2.28. The van der Waals surface area contributed by atoms with Crippen molar-refractivity contribution in [2.45, 2.75) is 39.0 Å². The van der Waals surface area contributed by atoms with E-state index < -0.39 is 0 Å². The van der Waals surface area contributed by atoms with Gasteiger partial charge in [0.15, 0.2) is 11.5 Å². The van der Waals surface area contributed by atoms with Crippen LogP contribution in [0.4, 0.5) is 0 Å². The first-order chi connectivity index (χ1) is 12.5. The van der Waals surface area contributed by atoms with E-state index in [4.69, 9.17) is 4.42 Å². The van der Waals surface area contributed by atoms with Crippen LogP contribution < -0.4 is 0 Å². The van der Waals surface area contributed by atoms with Crippen LogP contribution in [0.1, 0.15) is 41.6 Å². The van der Waals surface area contributed by atoms with Gasteiger partial charge < -0.3 is 9.32 Å². The van der Waals surface area contributed by atoms with E-state index in [1.54, 1.807) is 0 Å². The molecule has 0 N–H and O–H groups in total. The lowest BCUT2D eigenvalue weighted by atomic mass is 9.97. The van der Waals surface area contributed by atoms with Crippen LogP contribution in [0, 0.1) is 13.8 Å². The molecule has 0 aliphatic carbocycles. The van der Waals surface area contributed by atoms with Crippen molar-refractivity contribution in [3.63, 3.8) is 0 Å². The lowest BCUT2D eigenvalue weighted by Crippen LogP contribution is -2.40. The number of aromatic nitrogens is 3. The third-order valence-electron chi connectivity index (χ3n) is 5.42. The minimum atomic E-state index is 0.157. The lowest BCUT2D eigenvalue weighted by Gasteiger charge is -2.31. The van der Waals surface area contributed by atoms with Gasteiger partial charge in [0.1, 0.15) is 5.52 Å². The average Bonchev–Trinajstić information content (AvgIpc) is 3.18. The molecule has 1 saturated heterocycles. The number of para-hydroxylation sites is 2. The molecular formula is C20H24N4O2. The van der Waals surface area contributed by atoms with E-state index in [0.717, 1.165) is 53.3 Å². The van der Waals surface area contributed by atoms with E-state index in [1.165, 1.54) is 0 Å². The number of oxazole rings is 1. The maximum Gasteiger partial charge on any atom is 0.227 e. The number of piperidine rings is 1. The van der Waals surface area contributed by atoms with Crippen LogP contribution in [0.15, 0.2) is 28.7 Å². The summed E-state index contributed by atoms with van der Waals surface area (Å²) in [6.07, 6.45) is 2.38. The van der Waals surface area contributed by atoms with Crippen molar-refractivity contribution in [1.29, 1.82) is 0 Å². The Morgan fingerprint density at radius 1 is 1.31 bits per heavy atom. The van der Waals surface area contributed by atoms with Crippen LogP contribution in [0.2, 0.25) is 0 Å². The summed E-state index contributed by atoms with van der Waals surface area (Å²) in [4.78, 5) is 19.4. The van der Waals surface area contributed by atoms with Gasteiger partial charge in [-0.05, 0) is 38.8 Å². The molecule has 0 spiro atoms. The number of carbonyl (C=O) groups is 1. The first-order valence-corrected chi connectivity index (χ1v) is 9.15. The maximum atomic E-state index is 12.9. The minimum Gasteiger partial charge on any atom is -0.440 e. The highest BCUT2D eigenvalue weighted by Crippen LogP contribution is 2.29. The van der Waals surface area contributed by atoms with E-state index in [-0.39, 0.29) is 11.8 Å². The van der Waals surface area contributed by atoms with Gasteiger partial charge in [0.25, 0.3) is 0 Å². The van der Waals surface area contributed by atoms with Crippen molar-refractivity contribution in [1.82, 2.24) is 19.7 Å². The van der Waals surface area contributed by atoms with Crippen LogP contribution >= 0.6 is 0 Å². The van der Waals surface area contributed by atoms with Crippen LogP contribution in [0.5, 0.6) is 0 Å². The fraction of sp³-hybridized carbons (Fsp3) is 0.450. The first-order valence-electron chi connectivity index (χ1n) is 9.15. The fourth-order valence-corrected chi connectivity index (χ4v) is 3.81. The number of hydrogen-bond acceptors (Lipinski definition) is 4. The van der Waals surface area contributed by atoms with Gasteiger partial charge in [-0.1, -0.05) is 12.1 Å². The van der Waals surface area contributed by atoms with E-state index in [1.807, 2.05) is 54.7 Å². The maximum absolute atomic E-state index is 12.9. The van der Waals surface area contributed by atoms with Gasteiger partial charge in [0, 0.05) is 31.4 Å². The van der Waals surface area contributed by atoms with Gasteiger partial charge in [0.05, 0.1) is 18.0 Å². The van der Waals surface area contributed by atoms with Crippen LogP contribution in [-0.2, 0) is 18.3 Å². The van der Waals surface area contributed by atoms with E-state index in [9.17, 15) is 4.79 Å². The summed E-state index contributed by atoms with van der Waals surface area (Å²) in [5.41, 5.74) is 4.73. The number of nitrogens with zero attached hydrogens (tertiary/aromatic N) is 4. The fourth-order valence-electron chi connectivity index (χ4n) is 3.81. The SMILES string of the molecule is Cc1nn(C)c(C)c1CC(=O)N1CCC[C@@H](c2nc3ccccc3o2)C1. The Balaban J connectivity index is 1.50. The smallest absolute Gasteiger partial charge is 0.227 e.